The van der Waals surface area contributed by atoms with Crippen molar-refractivity contribution >= 4 is 11.8 Å². The Kier molecular flexibility index (Phi) is 6.08. The van der Waals surface area contributed by atoms with Crippen LogP contribution in [0.2, 0.25) is 0 Å². The summed E-state index contributed by atoms with van der Waals surface area (Å²) >= 11 is 0. The number of piperazine rings is 1. The van der Waals surface area contributed by atoms with Gasteiger partial charge in [-0.15, -0.1) is 0 Å². The van der Waals surface area contributed by atoms with E-state index in [9.17, 15) is 23.5 Å². The van der Waals surface area contributed by atoms with E-state index in [0.29, 0.717) is 23.8 Å². The highest BCUT2D eigenvalue weighted by molar-refractivity contribution is 5.96. The molecule has 1 saturated heterocycles. The first-order valence-electron chi connectivity index (χ1n) is 9.18. The number of rotatable bonds is 5. The Balaban J connectivity index is 1.79. The second kappa shape index (κ2) is 8.52. The molecule has 3 rings (SSSR count). The van der Waals surface area contributed by atoms with Crippen LogP contribution >= 0.6 is 0 Å². The summed E-state index contributed by atoms with van der Waals surface area (Å²) in [6.07, 6.45) is 2.29. The Bertz CT molecular complexity index is 868. The largest absolute Gasteiger partial charge is 0.469 e. The number of carbonyl (C=O) groups excluding carboxylic acids is 2. The normalized spacial score (nSPS) is 17.1. The van der Waals surface area contributed by atoms with Gasteiger partial charge in [0.05, 0.1) is 23.4 Å². The first kappa shape index (κ1) is 20.0. The summed E-state index contributed by atoms with van der Waals surface area (Å²) in [4.78, 5) is 28.7. The molecule has 1 fully saturated rings. The number of amides is 2. The molecule has 28 heavy (non-hydrogen) atoms. The van der Waals surface area contributed by atoms with Crippen LogP contribution in [0.1, 0.15) is 39.8 Å². The van der Waals surface area contributed by atoms with Gasteiger partial charge in [0.1, 0.15) is 17.4 Å². The third kappa shape index (κ3) is 3.91. The van der Waals surface area contributed by atoms with Gasteiger partial charge in [-0.1, -0.05) is 6.92 Å². The molecule has 1 N–H and O–H groups in total. The monoisotopic (exact) mass is 392 g/mol. The molecule has 2 heterocycles. The minimum atomic E-state index is -0.933. The van der Waals surface area contributed by atoms with Gasteiger partial charge in [-0.2, -0.15) is 0 Å². The van der Waals surface area contributed by atoms with E-state index in [2.05, 4.69) is 0 Å². The highest BCUT2D eigenvalue weighted by atomic mass is 19.1. The van der Waals surface area contributed by atoms with Crippen LogP contribution in [0.5, 0.6) is 0 Å². The molecular formula is C20H22F2N2O4. The number of hydrogen-bond acceptors (Lipinski definition) is 4. The molecule has 1 aliphatic rings. The van der Waals surface area contributed by atoms with Crippen molar-refractivity contribution in [3.8, 4) is 0 Å². The summed E-state index contributed by atoms with van der Waals surface area (Å²) in [5, 5.41) is 9.39. The minimum absolute atomic E-state index is 0.186. The summed E-state index contributed by atoms with van der Waals surface area (Å²) in [5.74, 6) is -1.88. The molecule has 1 aromatic carbocycles. The van der Waals surface area contributed by atoms with Crippen LogP contribution in [-0.2, 0) is 6.42 Å². The summed E-state index contributed by atoms with van der Waals surface area (Å²) in [6.45, 7) is 2.36. The topological polar surface area (TPSA) is 74.0 Å². The van der Waals surface area contributed by atoms with Gasteiger partial charge >= 0.3 is 0 Å². The summed E-state index contributed by atoms with van der Waals surface area (Å²) in [5.41, 5.74) is 0.252. The maximum atomic E-state index is 14.0. The van der Waals surface area contributed by atoms with E-state index >= 15 is 0 Å². The second-order valence-corrected chi connectivity index (χ2v) is 6.65. The van der Waals surface area contributed by atoms with E-state index in [0.717, 1.165) is 12.1 Å². The molecule has 6 nitrogen and oxygen atoms in total. The first-order valence-corrected chi connectivity index (χ1v) is 9.18. The number of hydrogen-bond donors (Lipinski definition) is 1. The lowest BCUT2D eigenvalue weighted by Gasteiger charge is -2.41. The van der Waals surface area contributed by atoms with E-state index in [1.807, 2.05) is 6.92 Å². The van der Waals surface area contributed by atoms with Gasteiger partial charge in [0.15, 0.2) is 0 Å². The fourth-order valence-electron chi connectivity index (χ4n) is 3.50. The summed E-state index contributed by atoms with van der Waals surface area (Å²) in [6, 6.07) is 3.95. The molecule has 0 saturated carbocycles. The van der Waals surface area contributed by atoms with Crippen molar-refractivity contribution in [2.24, 2.45) is 0 Å². The Morgan fingerprint density at radius 3 is 2.64 bits per heavy atom. The number of aliphatic hydroxyl groups excluding tert-OH is 1. The van der Waals surface area contributed by atoms with Crippen molar-refractivity contribution in [2.45, 2.75) is 25.8 Å². The fraction of sp³-hybridized carbons (Fsp3) is 0.400. The maximum Gasteiger partial charge on any atom is 0.257 e. The van der Waals surface area contributed by atoms with Crippen molar-refractivity contribution < 1.29 is 27.9 Å². The molecule has 2 aromatic rings. The molecule has 0 aliphatic carbocycles. The third-order valence-electron chi connectivity index (χ3n) is 4.95. The number of aryl methyl sites for hydroxylation is 1. The van der Waals surface area contributed by atoms with E-state index in [1.54, 1.807) is 11.0 Å². The van der Waals surface area contributed by atoms with E-state index in [4.69, 9.17) is 4.42 Å². The molecule has 0 radical (unpaired) electrons. The average molecular weight is 392 g/mol. The smallest absolute Gasteiger partial charge is 0.257 e. The van der Waals surface area contributed by atoms with Gasteiger partial charge < -0.3 is 19.3 Å². The Hall–Kier alpha value is -2.74. The van der Waals surface area contributed by atoms with Crippen LogP contribution in [-0.4, -0.2) is 59.0 Å². The zero-order valence-electron chi connectivity index (χ0n) is 15.5. The molecule has 1 aliphatic heterocycles. The van der Waals surface area contributed by atoms with Crippen molar-refractivity contribution in [1.82, 2.24) is 9.80 Å². The number of aliphatic hydroxyl groups is 1. The number of benzene rings is 1. The zero-order chi connectivity index (χ0) is 20.3. The SMILES string of the molecule is CCc1occc1C(=O)N1CCN(C(=O)c2ccc(F)cc2F)C(CCO)C1. The van der Waals surface area contributed by atoms with Crippen LogP contribution < -0.4 is 0 Å². The predicted octanol–water partition coefficient (Wildman–Crippen LogP) is 2.47. The van der Waals surface area contributed by atoms with Gasteiger partial charge in [-0.25, -0.2) is 8.78 Å². The lowest BCUT2D eigenvalue weighted by molar-refractivity contribution is 0.0338. The lowest BCUT2D eigenvalue weighted by atomic mass is 10.0. The van der Waals surface area contributed by atoms with E-state index in [-0.39, 0.29) is 44.1 Å². The van der Waals surface area contributed by atoms with Gasteiger partial charge in [0.25, 0.3) is 11.8 Å². The second-order valence-electron chi connectivity index (χ2n) is 6.65. The predicted molar refractivity (Wildman–Crippen MR) is 96.9 cm³/mol. The molecule has 1 aromatic heterocycles. The van der Waals surface area contributed by atoms with Gasteiger partial charge in [-0.05, 0) is 24.6 Å². The Labute approximate surface area is 161 Å². The molecule has 1 unspecified atom stereocenters. The quantitative estimate of drug-likeness (QED) is 0.848. The van der Waals surface area contributed by atoms with Crippen molar-refractivity contribution in [1.29, 1.82) is 0 Å². The van der Waals surface area contributed by atoms with Crippen LogP contribution in [0.25, 0.3) is 0 Å². The molecular weight excluding hydrogens is 370 g/mol. The maximum absolute atomic E-state index is 14.0. The lowest BCUT2D eigenvalue weighted by Crippen LogP contribution is -2.57. The van der Waals surface area contributed by atoms with Crippen molar-refractivity contribution in [2.75, 3.05) is 26.2 Å². The van der Waals surface area contributed by atoms with Crippen LogP contribution in [0.3, 0.4) is 0 Å². The van der Waals surface area contributed by atoms with Crippen LogP contribution in [0.4, 0.5) is 8.78 Å². The molecule has 0 bridgehead atoms. The van der Waals surface area contributed by atoms with E-state index < -0.39 is 23.6 Å². The Morgan fingerprint density at radius 2 is 1.96 bits per heavy atom. The zero-order valence-corrected chi connectivity index (χ0v) is 15.5. The number of halogens is 2. The third-order valence-corrected chi connectivity index (χ3v) is 4.95. The number of furan rings is 1. The average Bonchev–Trinajstić information content (AvgIpc) is 3.16. The minimum Gasteiger partial charge on any atom is -0.469 e. The summed E-state index contributed by atoms with van der Waals surface area (Å²) < 4.78 is 32.5. The molecule has 150 valence electrons. The molecule has 1 atom stereocenters. The molecule has 0 spiro atoms. The van der Waals surface area contributed by atoms with Crippen LogP contribution in [0.15, 0.2) is 34.9 Å². The fourth-order valence-corrected chi connectivity index (χ4v) is 3.50. The standard InChI is InChI=1S/C20H22F2N2O4/c1-2-18-16(6-10-28-18)19(26)23-7-8-24(14(12-23)5-9-25)20(27)15-4-3-13(21)11-17(15)22/h3-4,6,10-11,14,25H,2,5,7-9,12H2,1H3. The number of nitrogens with zero attached hydrogens (tertiary/aromatic N) is 2. The highest BCUT2D eigenvalue weighted by Gasteiger charge is 2.34. The number of carbonyl (C=O) groups is 2. The van der Waals surface area contributed by atoms with Crippen molar-refractivity contribution in [3.63, 3.8) is 0 Å². The first-order chi connectivity index (χ1) is 13.5. The summed E-state index contributed by atoms with van der Waals surface area (Å²) in [7, 11) is 0. The molecule has 8 heteroatoms. The van der Waals surface area contributed by atoms with Crippen LogP contribution in [0, 0.1) is 11.6 Å². The van der Waals surface area contributed by atoms with Gasteiger partial charge in [0.2, 0.25) is 0 Å². The molecule has 2 amide bonds. The highest BCUT2D eigenvalue weighted by Crippen LogP contribution is 2.22. The Morgan fingerprint density at radius 1 is 1.18 bits per heavy atom. The van der Waals surface area contributed by atoms with Crippen molar-refractivity contribution in [3.05, 3.63) is 59.1 Å². The van der Waals surface area contributed by atoms with E-state index in [1.165, 1.54) is 11.2 Å². The van der Waals surface area contributed by atoms with Gasteiger partial charge in [-0.3, -0.25) is 9.59 Å². The van der Waals surface area contributed by atoms with Gasteiger partial charge in [0, 0.05) is 38.7 Å².